The zero-order valence-corrected chi connectivity index (χ0v) is 8.91. The average molecular weight is 233 g/mol. The van der Waals surface area contributed by atoms with Gasteiger partial charge in [-0.3, -0.25) is 9.78 Å². The van der Waals surface area contributed by atoms with Gasteiger partial charge in [-0.25, -0.2) is 0 Å². The van der Waals surface area contributed by atoms with Crippen LogP contribution >= 0.6 is 0 Å². The van der Waals surface area contributed by atoms with Crippen LogP contribution in [0.15, 0.2) is 36.8 Å². The molecule has 0 radical (unpaired) electrons. The van der Waals surface area contributed by atoms with E-state index in [0.717, 1.165) is 0 Å². The third-order valence-corrected chi connectivity index (χ3v) is 1.80. The van der Waals surface area contributed by atoms with E-state index in [4.69, 9.17) is 10.5 Å². The molecular formula is C10H11N5O2. The first-order chi connectivity index (χ1) is 7.77. The highest BCUT2D eigenvalue weighted by molar-refractivity contribution is 5.94. The van der Waals surface area contributed by atoms with Crippen LogP contribution in [-0.4, -0.2) is 21.1 Å². The molecule has 0 saturated carbocycles. The number of nitrogens with two attached hydrogens (primary N) is 1. The summed E-state index contributed by atoms with van der Waals surface area (Å²) < 4.78 is 5.33. The fourth-order valence-corrected chi connectivity index (χ4v) is 1.10. The molecule has 7 heteroatoms. The molecule has 0 aromatic carbocycles. The standard InChI is InChI=1S/C10H8N4O2.H3N/c11-9(15)8-3-5-13-14-10(8)16-7-2-1-4-12-6-7;/h1-6H,(H2,11,15);1H3. The van der Waals surface area contributed by atoms with Gasteiger partial charge in [0.25, 0.3) is 11.8 Å². The molecule has 0 aliphatic heterocycles. The number of amides is 1. The van der Waals surface area contributed by atoms with E-state index in [-0.39, 0.29) is 17.6 Å². The second-order valence-electron chi connectivity index (χ2n) is 2.91. The molecule has 0 unspecified atom stereocenters. The number of pyridine rings is 1. The molecule has 17 heavy (non-hydrogen) atoms. The molecular weight excluding hydrogens is 222 g/mol. The molecule has 0 saturated heterocycles. The number of nitrogens with zero attached hydrogens (tertiary/aromatic N) is 3. The third-order valence-electron chi connectivity index (χ3n) is 1.80. The van der Waals surface area contributed by atoms with E-state index in [0.29, 0.717) is 5.75 Å². The number of carbonyl (C=O) groups excluding carboxylic acids is 1. The number of rotatable bonds is 3. The smallest absolute Gasteiger partial charge is 0.254 e. The summed E-state index contributed by atoms with van der Waals surface area (Å²) >= 11 is 0. The number of hydrogen-bond acceptors (Lipinski definition) is 6. The Morgan fingerprint density at radius 3 is 2.76 bits per heavy atom. The highest BCUT2D eigenvalue weighted by Gasteiger charge is 2.11. The number of ether oxygens (including phenoxy) is 1. The van der Waals surface area contributed by atoms with Crippen molar-refractivity contribution in [2.45, 2.75) is 0 Å². The van der Waals surface area contributed by atoms with Gasteiger partial charge in [-0.05, 0) is 18.2 Å². The molecule has 0 atom stereocenters. The van der Waals surface area contributed by atoms with E-state index in [1.807, 2.05) is 0 Å². The zero-order chi connectivity index (χ0) is 11.4. The fourth-order valence-electron chi connectivity index (χ4n) is 1.10. The van der Waals surface area contributed by atoms with Gasteiger partial charge in [0.05, 0.1) is 12.4 Å². The summed E-state index contributed by atoms with van der Waals surface area (Å²) in [6.07, 6.45) is 4.48. The summed E-state index contributed by atoms with van der Waals surface area (Å²) in [6, 6.07) is 4.84. The van der Waals surface area contributed by atoms with Crippen molar-refractivity contribution in [1.82, 2.24) is 21.3 Å². The molecule has 0 fully saturated rings. The summed E-state index contributed by atoms with van der Waals surface area (Å²) in [6.45, 7) is 0. The summed E-state index contributed by atoms with van der Waals surface area (Å²) in [5.74, 6) is -0.0812. The van der Waals surface area contributed by atoms with Crippen LogP contribution in [0.3, 0.4) is 0 Å². The van der Waals surface area contributed by atoms with Crippen molar-refractivity contribution in [3.8, 4) is 11.6 Å². The average Bonchev–Trinajstić information content (AvgIpc) is 2.31. The molecule has 2 rings (SSSR count). The maximum absolute atomic E-state index is 11.1. The van der Waals surface area contributed by atoms with Gasteiger partial charge in [-0.15, -0.1) is 5.10 Å². The molecule has 1 amide bonds. The second kappa shape index (κ2) is 5.52. The van der Waals surface area contributed by atoms with Crippen molar-refractivity contribution in [2.24, 2.45) is 5.73 Å². The fraction of sp³-hybridized carbons (Fsp3) is 0. The molecule has 88 valence electrons. The number of aromatic nitrogens is 3. The van der Waals surface area contributed by atoms with Crippen molar-refractivity contribution in [2.75, 3.05) is 0 Å². The van der Waals surface area contributed by atoms with Crippen molar-refractivity contribution in [1.29, 1.82) is 0 Å². The molecule has 0 spiro atoms. The van der Waals surface area contributed by atoms with Gasteiger partial charge in [-0.1, -0.05) is 0 Å². The van der Waals surface area contributed by atoms with Crippen LogP contribution in [0.2, 0.25) is 0 Å². The van der Waals surface area contributed by atoms with Crippen LogP contribution in [0.25, 0.3) is 0 Å². The first-order valence-electron chi connectivity index (χ1n) is 4.47. The Labute approximate surface area is 97.2 Å². The summed E-state index contributed by atoms with van der Waals surface area (Å²) in [4.78, 5) is 14.9. The summed E-state index contributed by atoms with van der Waals surface area (Å²) in [5, 5.41) is 7.32. The minimum absolute atomic E-state index is 0. The van der Waals surface area contributed by atoms with Crippen LogP contribution in [0, 0.1) is 0 Å². The summed E-state index contributed by atoms with van der Waals surface area (Å²) in [7, 11) is 0. The largest absolute Gasteiger partial charge is 0.435 e. The Kier molecular flexibility index (Phi) is 4.07. The summed E-state index contributed by atoms with van der Waals surface area (Å²) in [5.41, 5.74) is 5.35. The SMILES string of the molecule is N.NC(=O)c1ccnnc1Oc1cccnc1. The Morgan fingerprint density at radius 1 is 1.29 bits per heavy atom. The minimum atomic E-state index is -0.617. The number of carbonyl (C=O) groups is 1. The van der Waals surface area contributed by atoms with E-state index < -0.39 is 5.91 Å². The van der Waals surface area contributed by atoms with E-state index in [1.165, 1.54) is 18.5 Å². The molecule has 0 aliphatic carbocycles. The van der Waals surface area contributed by atoms with Crippen molar-refractivity contribution >= 4 is 5.91 Å². The first kappa shape index (κ1) is 12.5. The molecule has 2 aromatic heterocycles. The molecule has 2 heterocycles. The Balaban J connectivity index is 0.00000144. The molecule has 7 nitrogen and oxygen atoms in total. The molecule has 2 aromatic rings. The quantitative estimate of drug-likeness (QED) is 0.811. The Morgan fingerprint density at radius 2 is 2.12 bits per heavy atom. The third kappa shape index (κ3) is 2.95. The van der Waals surface area contributed by atoms with E-state index in [1.54, 1.807) is 18.3 Å². The lowest BCUT2D eigenvalue weighted by Crippen LogP contribution is -2.13. The van der Waals surface area contributed by atoms with E-state index in [2.05, 4.69) is 15.2 Å². The van der Waals surface area contributed by atoms with Crippen LogP contribution < -0.4 is 16.6 Å². The highest BCUT2D eigenvalue weighted by atomic mass is 16.5. The lowest BCUT2D eigenvalue weighted by molar-refractivity contribution is 0.0997. The predicted octanol–water partition coefficient (Wildman–Crippen LogP) is 0.925. The topological polar surface area (TPSA) is 126 Å². The van der Waals surface area contributed by atoms with Crippen molar-refractivity contribution in [3.63, 3.8) is 0 Å². The monoisotopic (exact) mass is 233 g/mol. The Hall–Kier alpha value is -2.54. The van der Waals surface area contributed by atoms with Gasteiger partial charge >= 0.3 is 0 Å². The van der Waals surface area contributed by atoms with E-state index >= 15 is 0 Å². The lowest BCUT2D eigenvalue weighted by Gasteiger charge is -2.05. The van der Waals surface area contributed by atoms with Gasteiger partial charge in [0.1, 0.15) is 11.3 Å². The molecule has 0 bridgehead atoms. The van der Waals surface area contributed by atoms with Crippen molar-refractivity contribution in [3.05, 3.63) is 42.4 Å². The van der Waals surface area contributed by atoms with Gasteiger partial charge < -0.3 is 16.6 Å². The highest BCUT2D eigenvalue weighted by Crippen LogP contribution is 2.20. The van der Waals surface area contributed by atoms with Crippen LogP contribution in [-0.2, 0) is 0 Å². The maximum atomic E-state index is 11.1. The molecule has 5 N–H and O–H groups in total. The maximum Gasteiger partial charge on any atom is 0.254 e. The lowest BCUT2D eigenvalue weighted by atomic mass is 10.3. The zero-order valence-electron chi connectivity index (χ0n) is 8.91. The van der Waals surface area contributed by atoms with Gasteiger partial charge in [0.2, 0.25) is 0 Å². The minimum Gasteiger partial charge on any atom is -0.435 e. The number of hydrogen-bond donors (Lipinski definition) is 2. The second-order valence-corrected chi connectivity index (χ2v) is 2.91. The molecule has 0 aliphatic rings. The van der Waals surface area contributed by atoms with Gasteiger partial charge in [-0.2, -0.15) is 5.10 Å². The van der Waals surface area contributed by atoms with E-state index in [9.17, 15) is 4.79 Å². The van der Waals surface area contributed by atoms with Crippen LogP contribution in [0.4, 0.5) is 0 Å². The van der Waals surface area contributed by atoms with Gasteiger partial charge in [0.15, 0.2) is 0 Å². The van der Waals surface area contributed by atoms with Crippen LogP contribution in [0.5, 0.6) is 11.6 Å². The van der Waals surface area contributed by atoms with Crippen molar-refractivity contribution < 1.29 is 9.53 Å². The van der Waals surface area contributed by atoms with Gasteiger partial charge in [0, 0.05) is 6.20 Å². The number of primary amides is 1. The van der Waals surface area contributed by atoms with Crippen LogP contribution in [0.1, 0.15) is 10.4 Å². The predicted molar refractivity (Wildman–Crippen MR) is 59.9 cm³/mol. The Bertz CT molecular complexity index is 503. The normalized spacial score (nSPS) is 9.18. The first-order valence-corrected chi connectivity index (χ1v) is 4.47.